The van der Waals surface area contributed by atoms with Crippen molar-refractivity contribution in [2.24, 2.45) is 5.92 Å². The van der Waals surface area contributed by atoms with Crippen LogP contribution in [-0.4, -0.2) is 22.4 Å². The molecule has 0 saturated heterocycles. The number of fused-ring (bicyclic) bond motifs is 3. The quantitative estimate of drug-likeness (QED) is 0.784. The summed E-state index contributed by atoms with van der Waals surface area (Å²) in [7, 11) is 0. The molecule has 4 rings (SSSR count). The first-order chi connectivity index (χ1) is 9.83. The van der Waals surface area contributed by atoms with Gasteiger partial charge in [-0.15, -0.1) is 0 Å². The summed E-state index contributed by atoms with van der Waals surface area (Å²) in [5.74, 6) is 0.866. The zero-order valence-electron chi connectivity index (χ0n) is 12.2. The normalized spacial score (nSPS) is 23.2. The van der Waals surface area contributed by atoms with E-state index in [1.54, 1.807) is 0 Å². The third-order valence-electron chi connectivity index (χ3n) is 4.85. The molecule has 2 aliphatic rings. The number of quaternary nitrogens is 1. The lowest BCUT2D eigenvalue weighted by atomic mass is 9.79. The summed E-state index contributed by atoms with van der Waals surface area (Å²) >= 11 is 0. The van der Waals surface area contributed by atoms with Gasteiger partial charge in [0.15, 0.2) is 6.10 Å². The number of nitrogens with zero attached hydrogens (tertiary/aromatic N) is 2. The highest BCUT2D eigenvalue weighted by molar-refractivity contribution is 5.82. The first-order valence-electron chi connectivity index (χ1n) is 7.73. The van der Waals surface area contributed by atoms with E-state index in [4.69, 9.17) is 9.84 Å². The molecule has 3 N–H and O–H groups in total. The van der Waals surface area contributed by atoms with Crippen molar-refractivity contribution in [3.05, 3.63) is 30.0 Å². The van der Waals surface area contributed by atoms with Gasteiger partial charge in [-0.3, -0.25) is 4.68 Å². The van der Waals surface area contributed by atoms with Crippen LogP contribution in [0, 0.1) is 5.92 Å². The fourth-order valence-corrected chi connectivity index (χ4v) is 3.56. The van der Waals surface area contributed by atoms with Crippen LogP contribution >= 0.6 is 0 Å². The number of ether oxygens (including phenoxy) is 1. The second-order valence-electron chi connectivity index (χ2n) is 6.21. The van der Waals surface area contributed by atoms with Crippen LogP contribution < -0.4 is 18.1 Å². The Hall–Kier alpha value is -1.10. The Morgan fingerprint density at radius 3 is 2.90 bits per heavy atom. The molecule has 2 heterocycles. The molecule has 0 spiro atoms. The van der Waals surface area contributed by atoms with Crippen LogP contribution in [0.2, 0.25) is 0 Å². The van der Waals surface area contributed by atoms with Crippen molar-refractivity contribution in [3.8, 4) is 0 Å². The maximum atomic E-state index is 6.08. The maximum Gasteiger partial charge on any atom is 0.151 e. The fraction of sp³-hybridized carbons (Fsp3) is 0.562. The Bertz CT molecular complexity index is 623. The minimum Gasteiger partial charge on any atom is -1.00 e. The lowest BCUT2D eigenvalue weighted by Crippen LogP contribution is -3.00. The van der Waals surface area contributed by atoms with Crippen molar-refractivity contribution in [1.82, 2.24) is 9.78 Å². The molecule has 0 bridgehead atoms. The van der Waals surface area contributed by atoms with Crippen LogP contribution in [0.5, 0.6) is 0 Å². The fourth-order valence-electron chi connectivity index (χ4n) is 3.56. The molecule has 1 aromatic carbocycles. The molecule has 1 aliphatic heterocycles. The molecule has 2 aromatic rings. The molecule has 1 aromatic heterocycles. The van der Waals surface area contributed by atoms with Gasteiger partial charge in [0.05, 0.1) is 24.4 Å². The van der Waals surface area contributed by atoms with Crippen molar-refractivity contribution < 1.29 is 22.9 Å². The minimum absolute atomic E-state index is 0. The lowest BCUT2D eigenvalue weighted by Gasteiger charge is -2.32. The van der Waals surface area contributed by atoms with Gasteiger partial charge in [0.25, 0.3) is 0 Å². The summed E-state index contributed by atoms with van der Waals surface area (Å²) in [5.41, 5.74) is 6.72. The molecule has 0 radical (unpaired) electrons. The van der Waals surface area contributed by atoms with Gasteiger partial charge in [0.2, 0.25) is 0 Å². The highest BCUT2D eigenvalue weighted by Crippen LogP contribution is 2.36. The van der Waals surface area contributed by atoms with E-state index in [1.807, 2.05) is 6.07 Å². The molecule has 1 saturated carbocycles. The maximum absolute atomic E-state index is 6.08. The molecule has 1 unspecified atom stereocenters. The Kier molecular flexibility index (Phi) is 4.20. The van der Waals surface area contributed by atoms with Crippen molar-refractivity contribution >= 4 is 10.9 Å². The molecule has 5 heteroatoms. The van der Waals surface area contributed by atoms with Crippen molar-refractivity contribution in [1.29, 1.82) is 0 Å². The summed E-state index contributed by atoms with van der Waals surface area (Å²) in [6.07, 6.45) is 5.43. The summed E-state index contributed by atoms with van der Waals surface area (Å²) < 4.78 is 8.22. The van der Waals surface area contributed by atoms with Crippen LogP contribution in [0.25, 0.3) is 10.9 Å². The van der Waals surface area contributed by atoms with Crippen molar-refractivity contribution in [2.45, 2.75) is 44.4 Å². The van der Waals surface area contributed by atoms with E-state index in [9.17, 15) is 0 Å². The Balaban J connectivity index is 0.00000132. The molecule has 1 aliphatic carbocycles. The molecular formula is C16H22ClN3O. The summed E-state index contributed by atoms with van der Waals surface area (Å²) in [6.45, 7) is 1.61. The SMILES string of the molecule is [Cl-].[NH3+][C@H](CC1CCC1)C1OCCn2nc3ccccc3c21. The zero-order chi connectivity index (χ0) is 13.5. The predicted octanol–water partition coefficient (Wildman–Crippen LogP) is -1.09. The summed E-state index contributed by atoms with van der Waals surface area (Å²) in [4.78, 5) is 0. The number of benzene rings is 1. The molecular weight excluding hydrogens is 286 g/mol. The monoisotopic (exact) mass is 307 g/mol. The van der Waals surface area contributed by atoms with Crippen LogP contribution in [0.1, 0.15) is 37.5 Å². The highest BCUT2D eigenvalue weighted by atomic mass is 35.5. The Labute approximate surface area is 131 Å². The number of hydrogen-bond acceptors (Lipinski definition) is 2. The second-order valence-corrected chi connectivity index (χ2v) is 6.21. The smallest absolute Gasteiger partial charge is 0.151 e. The van der Waals surface area contributed by atoms with E-state index < -0.39 is 0 Å². The first kappa shape index (κ1) is 14.8. The van der Waals surface area contributed by atoms with E-state index in [0.29, 0.717) is 6.04 Å². The topological polar surface area (TPSA) is 54.7 Å². The molecule has 4 nitrogen and oxygen atoms in total. The number of hydrogen-bond donors (Lipinski definition) is 1. The number of halogens is 1. The summed E-state index contributed by atoms with van der Waals surface area (Å²) in [6, 6.07) is 8.71. The average Bonchev–Trinajstić information content (AvgIpc) is 2.81. The van der Waals surface area contributed by atoms with Crippen LogP contribution in [-0.2, 0) is 11.3 Å². The first-order valence-corrected chi connectivity index (χ1v) is 7.73. The number of aromatic nitrogens is 2. The molecule has 2 atom stereocenters. The van der Waals surface area contributed by atoms with E-state index in [-0.39, 0.29) is 18.5 Å². The third-order valence-corrected chi connectivity index (χ3v) is 4.85. The highest BCUT2D eigenvalue weighted by Gasteiger charge is 2.34. The molecule has 1 fully saturated rings. The summed E-state index contributed by atoms with van der Waals surface area (Å²) in [5, 5.41) is 5.94. The van der Waals surface area contributed by atoms with Gasteiger partial charge < -0.3 is 22.9 Å². The van der Waals surface area contributed by atoms with E-state index in [0.717, 1.165) is 24.6 Å². The Morgan fingerprint density at radius 2 is 2.14 bits per heavy atom. The third kappa shape index (κ3) is 2.56. The zero-order valence-corrected chi connectivity index (χ0v) is 12.9. The van der Waals surface area contributed by atoms with Gasteiger partial charge in [-0.25, -0.2) is 0 Å². The van der Waals surface area contributed by atoms with Gasteiger partial charge >= 0.3 is 0 Å². The van der Waals surface area contributed by atoms with Gasteiger partial charge in [0, 0.05) is 11.8 Å². The van der Waals surface area contributed by atoms with Crippen molar-refractivity contribution in [2.75, 3.05) is 6.61 Å². The van der Waals surface area contributed by atoms with Crippen molar-refractivity contribution in [3.63, 3.8) is 0 Å². The second kappa shape index (κ2) is 5.95. The van der Waals surface area contributed by atoms with Crippen LogP contribution in [0.4, 0.5) is 0 Å². The Morgan fingerprint density at radius 1 is 1.33 bits per heavy atom. The van der Waals surface area contributed by atoms with Gasteiger partial charge in [-0.1, -0.05) is 37.5 Å². The molecule has 21 heavy (non-hydrogen) atoms. The standard InChI is InChI=1S/C16H21N3O.ClH/c17-13(10-11-4-3-5-11)16-15-12-6-1-2-7-14(12)18-19(15)8-9-20-16;/h1-2,6-7,11,13,16H,3-5,8-10,17H2;1H/t13-,16?;/m1./s1. The van der Waals surface area contributed by atoms with Gasteiger partial charge in [-0.05, 0) is 12.0 Å². The van der Waals surface area contributed by atoms with E-state index >= 15 is 0 Å². The minimum atomic E-state index is 0. The average molecular weight is 308 g/mol. The molecule has 114 valence electrons. The van der Waals surface area contributed by atoms with Gasteiger partial charge in [-0.2, -0.15) is 5.10 Å². The van der Waals surface area contributed by atoms with Gasteiger partial charge in [0.1, 0.15) is 6.04 Å². The van der Waals surface area contributed by atoms with Crippen LogP contribution in [0.3, 0.4) is 0 Å². The van der Waals surface area contributed by atoms with E-state index in [2.05, 4.69) is 28.6 Å². The lowest BCUT2D eigenvalue weighted by molar-refractivity contribution is -0.447. The largest absolute Gasteiger partial charge is 1.00 e. The predicted molar refractivity (Wildman–Crippen MR) is 77.1 cm³/mol. The van der Waals surface area contributed by atoms with E-state index in [1.165, 1.54) is 36.8 Å². The molecule has 0 amide bonds. The number of rotatable bonds is 3. The van der Waals surface area contributed by atoms with Crippen LogP contribution in [0.15, 0.2) is 24.3 Å².